The highest BCUT2D eigenvalue weighted by Gasteiger charge is 2.15. The van der Waals surface area contributed by atoms with Crippen molar-refractivity contribution in [1.29, 1.82) is 0 Å². The van der Waals surface area contributed by atoms with Crippen LogP contribution in [-0.4, -0.2) is 38.1 Å². The van der Waals surface area contributed by atoms with Gasteiger partial charge in [-0.3, -0.25) is 0 Å². The van der Waals surface area contributed by atoms with Gasteiger partial charge in [0, 0.05) is 26.3 Å². The lowest BCUT2D eigenvalue weighted by molar-refractivity contribution is 0.576. The fraction of sp³-hybridized carbons (Fsp3) is 0.571. The molecule has 88 valence electrons. The van der Waals surface area contributed by atoms with Gasteiger partial charge in [0.2, 0.25) is 0 Å². The van der Waals surface area contributed by atoms with Crippen LogP contribution in [0.25, 0.3) is 0 Å². The Balaban J connectivity index is 0.00000196. The van der Waals surface area contributed by atoms with Crippen LogP contribution >= 0.6 is 12.4 Å². The van der Waals surface area contributed by atoms with Crippen LogP contribution in [0.3, 0.4) is 0 Å². The summed E-state index contributed by atoms with van der Waals surface area (Å²) < 4.78 is 27.0. The van der Waals surface area contributed by atoms with Gasteiger partial charge in [-0.1, -0.05) is 0 Å². The number of hydrogen-bond acceptors (Lipinski definition) is 4. The van der Waals surface area contributed by atoms with Gasteiger partial charge in [0.15, 0.2) is 5.03 Å². The third kappa shape index (κ3) is 4.17. The van der Waals surface area contributed by atoms with Crippen LogP contribution in [0.15, 0.2) is 17.6 Å². The quantitative estimate of drug-likeness (QED) is 0.684. The van der Waals surface area contributed by atoms with Gasteiger partial charge in [-0.05, 0) is 7.05 Å². The largest absolute Gasteiger partial charge is 0.339 e. The normalized spacial score (nSPS) is 11.1. The number of rotatable bonds is 5. The standard InChI is InChI=1S/C7H14N4O2S.ClH/c1-8-3-4-10-14(12,13)7-5-11(2)6-9-7;/h5-6,8,10H,3-4H2,1-2H3;1H. The fourth-order valence-electron chi connectivity index (χ4n) is 0.912. The Bertz CT molecular complexity index is 389. The number of imidazole rings is 1. The van der Waals surface area contributed by atoms with E-state index < -0.39 is 10.0 Å². The molecule has 0 atom stereocenters. The maximum atomic E-state index is 11.5. The van der Waals surface area contributed by atoms with Crippen LogP contribution in [0, 0.1) is 0 Å². The number of halogens is 1. The van der Waals surface area contributed by atoms with E-state index in [1.165, 1.54) is 12.5 Å². The molecule has 1 aromatic heterocycles. The maximum absolute atomic E-state index is 11.5. The monoisotopic (exact) mass is 254 g/mol. The van der Waals surface area contributed by atoms with Crippen LogP contribution in [0.5, 0.6) is 0 Å². The third-order valence-corrected chi connectivity index (χ3v) is 2.97. The Labute approximate surface area is 95.5 Å². The minimum absolute atomic E-state index is 0. The summed E-state index contributed by atoms with van der Waals surface area (Å²) >= 11 is 0. The first-order valence-electron chi connectivity index (χ1n) is 4.18. The lowest BCUT2D eigenvalue weighted by atomic mass is 10.7. The van der Waals surface area contributed by atoms with Crippen molar-refractivity contribution in [3.05, 3.63) is 12.5 Å². The minimum atomic E-state index is -3.43. The number of aromatic nitrogens is 2. The molecule has 8 heteroatoms. The van der Waals surface area contributed by atoms with Crippen molar-refractivity contribution in [2.24, 2.45) is 7.05 Å². The van der Waals surface area contributed by atoms with E-state index in [9.17, 15) is 8.42 Å². The van der Waals surface area contributed by atoms with Crippen LogP contribution < -0.4 is 10.0 Å². The molecule has 0 fully saturated rings. The summed E-state index contributed by atoms with van der Waals surface area (Å²) in [6.45, 7) is 0.946. The van der Waals surface area contributed by atoms with E-state index in [0.717, 1.165) is 0 Å². The molecule has 0 bridgehead atoms. The average Bonchev–Trinajstić information content (AvgIpc) is 2.53. The number of aryl methyl sites for hydroxylation is 1. The van der Waals surface area contributed by atoms with Gasteiger partial charge in [0.1, 0.15) is 0 Å². The SMILES string of the molecule is CNCCNS(=O)(=O)c1cn(C)cn1.Cl. The van der Waals surface area contributed by atoms with E-state index >= 15 is 0 Å². The Hall–Kier alpha value is -0.630. The molecule has 0 aliphatic heterocycles. The van der Waals surface area contributed by atoms with Crippen molar-refractivity contribution in [2.45, 2.75) is 5.03 Å². The second kappa shape index (κ2) is 6.06. The summed E-state index contributed by atoms with van der Waals surface area (Å²) in [4.78, 5) is 3.76. The number of sulfonamides is 1. The zero-order valence-electron chi connectivity index (χ0n) is 8.60. The van der Waals surface area contributed by atoms with Gasteiger partial charge < -0.3 is 9.88 Å². The van der Waals surface area contributed by atoms with Crippen molar-refractivity contribution in [3.63, 3.8) is 0 Å². The second-order valence-corrected chi connectivity index (χ2v) is 4.59. The maximum Gasteiger partial charge on any atom is 0.259 e. The number of likely N-dealkylation sites (N-methyl/N-ethyl adjacent to an activating group) is 1. The van der Waals surface area contributed by atoms with Crippen LogP contribution in [-0.2, 0) is 17.1 Å². The molecule has 0 saturated carbocycles. The molecular weight excluding hydrogens is 240 g/mol. The topological polar surface area (TPSA) is 76.0 Å². The van der Waals surface area contributed by atoms with E-state index in [2.05, 4.69) is 15.0 Å². The second-order valence-electron chi connectivity index (χ2n) is 2.88. The molecule has 0 aromatic carbocycles. The highest BCUT2D eigenvalue weighted by molar-refractivity contribution is 7.89. The van der Waals surface area contributed by atoms with E-state index in [1.807, 2.05) is 0 Å². The number of nitrogens with one attached hydrogen (secondary N) is 2. The van der Waals surface area contributed by atoms with Gasteiger partial charge in [0.05, 0.1) is 6.33 Å². The first-order chi connectivity index (χ1) is 6.56. The molecule has 0 unspecified atom stereocenters. The van der Waals surface area contributed by atoms with E-state index in [1.54, 1.807) is 18.7 Å². The van der Waals surface area contributed by atoms with Crippen LogP contribution in [0.2, 0.25) is 0 Å². The first-order valence-corrected chi connectivity index (χ1v) is 5.67. The summed E-state index contributed by atoms with van der Waals surface area (Å²) in [5.74, 6) is 0. The summed E-state index contributed by atoms with van der Waals surface area (Å²) in [5, 5.41) is 2.90. The van der Waals surface area contributed by atoms with Crippen molar-refractivity contribution >= 4 is 22.4 Å². The molecule has 0 spiro atoms. The highest BCUT2D eigenvalue weighted by Crippen LogP contribution is 2.02. The van der Waals surface area contributed by atoms with E-state index in [4.69, 9.17) is 0 Å². The Morgan fingerprint density at radius 3 is 2.60 bits per heavy atom. The first kappa shape index (κ1) is 14.4. The van der Waals surface area contributed by atoms with Gasteiger partial charge in [0.25, 0.3) is 10.0 Å². The molecule has 6 nitrogen and oxygen atoms in total. The smallest absolute Gasteiger partial charge is 0.259 e. The predicted molar refractivity (Wildman–Crippen MR) is 59.6 cm³/mol. The Morgan fingerprint density at radius 2 is 2.13 bits per heavy atom. The van der Waals surface area contributed by atoms with Crippen molar-refractivity contribution in [1.82, 2.24) is 19.6 Å². The molecule has 1 heterocycles. The molecular formula is C7H15ClN4O2S. The summed E-state index contributed by atoms with van der Waals surface area (Å²) in [6, 6.07) is 0. The molecule has 1 aromatic rings. The zero-order chi connectivity index (χ0) is 10.6. The lowest BCUT2D eigenvalue weighted by Crippen LogP contribution is -2.30. The minimum Gasteiger partial charge on any atom is -0.339 e. The number of hydrogen-bond donors (Lipinski definition) is 2. The Morgan fingerprint density at radius 1 is 1.47 bits per heavy atom. The van der Waals surface area contributed by atoms with E-state index in [0.29, 0.717) is 13.1 Å². The Kier molecular flexibility index (Phi) is 5.81. The molecule has 0 aliphatic carbocycles. The van der Waals surface area contributed by atoms with Crippen molar-refractivity contribution < 1.29 is 8.42 Å². The number of nitrogens with zero attached hydrogens (tertiary/aromatic N) is 2. The van der Waals surface area contributed by atoms with E-state index in [-0.39, 0.29) is 17.4 Å². The average molecular weight is 255 g/mol. The van der Waals surface area contributed by atoms with Crippen LogP contribution in [0.1, 0.15) is 0 Å². The lowest BCUT2D eigenvalue weighted by Gasteiger charge is -2.02. The molecule has 0 radical (unpaired) electrons. The summed E-state index contributed by atoms with van der Waals surface area (Å²) in [7, 11) is 0.0472. The van der Waals surface area contributed by atoms with Gasteiger partial charge in [-0.15, -0.1) is 12.4 Å². The molecule has 0 aliphatic rings. The van der Waals surface area contributed by atoms with Gasteiger partial charge >= 0.3 is 0 Å². The fourth-order valence-corrected chi connectivity index (χ4v) is 1.92. The molecule has 15 heavy (non-hydrogen) atoms. The van der Waals surface area contributed by atoms with Crippen LogP contribution in [0.4, 0.5) is 0 Å². The predicted octanol–water partition coefficient (Wildman–Crippen LogP) is -0.660. The molecule has 0 saturated heterocycles. The highest BCUT2D eigenvalue weighted by atomic mass is 35.5. The molecule has 1 rings (SSSR count). The van der Waals surface area contributed by atoms with Crippen molar-refractivity contribution in [2.75, 3.05) is 20.1 Å². The molecule has 2 N–H and O–H groups in total. The van der Waals surface area contributed by atoms with Crippen molar-refractivity contribution in [3.8, 4) is 0 Å². The summed E-state index contributed by atoms with van der Waals surface area (Å²) in [5.41, 5.74) is 0. The van der Waals surface area contributed by atoms with Gasteiger partial charge in [-0.25, -0.2) is 18.1 Å². The summed E-state index contributed by atoms with van der Waals surface area (Å²) in [6.07, 6.45) is 2.91. The molecule has 0 amide bonds. The van der Waals surface area contributed by atoms with Gasteiger partial charge in [-0.2, -0.15) is 0 Å². The third-order valence-electron chi connectivity index (χ3n) is 1.62. The zero-order valence-corrected chi connectivity index (χ0v) is 10.2.